The van der Waals surface area contributed by atoms with Crippen LogP contribution in [0.3, 0.4) is 0 Å². The van der Waals surface area contributed by atoms with Crippen LogP contribution in [0.25, 0.3) is 27.8 Å². The van der Waals surface area contributed by atoms with Crippen molar-refractivity contribution >= 4 is 10.9 Å². The molecule has 150 valence electrons. The van der Waals surface area contributed by atoms with E-state index in [-0.39, 0.29) is 18.2 Å². The molecule has 0 aliphatic carbocycles. The normalized spacial score (nSPS) is 12.0. The third-order valence-electron chi connectivity index (χ3n) is 4.46. The quantitative estimate of drug-likeness (QED) is 0.546. The van der Waals surface area contributed by atoms with E-state index in [0.717, 1.165) is 10.2 Å². The van der Waals surface area contributed by atoms with E-state index in [1.165, 1.54) is 17.0 Å². The maximum atomic E-state index is 12.6. The van der Waals surface area contributed by atoms with Gasteiger partial charge in [0.25, 0.3) is 0 Å². The van der Waals surface area contributed by atoms with Gasteiger partial charge in [-0.2, -0.15) is 18.3 Å². The average molecular weight is 403 g/mol. The summed E-state index contributed by atoms with van der Waals surface area (Å²) in [4.78, 5) is 8.63. The number of nitrogens with zero attached hydrogens (tertiary/aromatic N) is 5. The monoisotopic (exact) mass is 403 g/mol. The first-order valence-corrected chi connectivity index (χ1v) is 8.61. The van der Waals surface area contributed by atoms with Crippen molar-refractivity contribution in [1.82, 2.24) is 24.3 Å². The summed E-state index contributed by atoms with van der Waals surface area (Å²) in [6, 6.07) is 3.54. The number of halogens is 3. The molecule has 4 rings (SSSR count). The van der Waals surface area contributed by atoms with Gasteiger partial charge in [0.1, 0.15) is 6.54 Å². The lowest BCUT2D eigenvalue weighted by molar-refractivity contribution is -0.142. The van der Waals surface area contributed by atoms with E-state index >= 15 is 0 Å². The second-order valence-corrected chi connectivity index (χ2v) is 6.66. The van der Waals surface area contributed by atoms with Gasteiger partial charge in [0.2, 0.25) is 5.88 Å². The summed E-state index contributed by atoms with van der Waals surface area (Å²) in [5, 5.41) is 24.1. The maximum Gasteiger partial charge on any atom is 0.408 e. The molecule has 0 bridgehead atoms. The number of hydrogen-bond acceptors (Lipinski definition) is 5. The number of alkyl halides is 3. The summed E-state index contributed by atoms with van der Waals surface area (Å²) >= 11 is 0. The Morgan fingerprint density at radius 1 is 1.10 bits per heavy atom. The van der Waals surface area contributed by atoms with Crippen LogP contribution < -0.4 is 0 Å². The van der Waals surface area contributed by atoms with Gasteiger partial charge in [0.05, 0.1) is 35.1 Å². The number of aryl methyl sites for hydroxylation is 1. The zero-order valence-corrected chi connectivity index (χ0v) is 15.2. The van der Waals surface area contributed by atoms with Crippen LogP contribution in [0.1, 0.15) is 11.1 Å². The lowest BCUT2D eigenvalue weighted by Gasteiger charge is -2.06. The molecule has 29 heavy (non-hydrogen) atoms. The first-order valence-electron chi connectivity index (χ1n) is 8.61. The molecule has 4 aromatic heterocycles. The Morgan fingerprint density at radius 2 is 1.90 bits per heavy atom. The highest BCUT2D eigenvalue weighted by atomic mass is 19.4. The molecular formula is C19H16F3N5O2. The van der Waals surface area contributed by atoms with Crippen molar-refractivity contribution in [1.29, 1.82) is 0 Å². The fraction of sp³-hybridized carbons (Fsp3) is 0.211. The molecule has 4 aromatic rings. The molecule has 0 radical (unpaired) electrons. The van der Waals surface area contributed by atoms with Crippen LogP contribution in [-0.4, -0.2) is 40.7 Å². The second-order valence-electron chi connectivity index (χ2n) is 6.66. The van der Waals surface area contributed by atoms with Crippen molar-refractivity contribution in [3.63, 3.8) is 0 Å². The van der Waals surface area contributed by atoms with E-state index in [9.17, 15) is 23.4 Å². The number of aliphatic hydroxyl groups is 1. The standard InChI is InChI=1S/C19H16F3N5O2/c1-11-2-15(13-3-12(9-28)4-23-5-13)25-16-8-27(18(29)17(11)16)14-6-24-26(7-14)10-19(20,21)22/h2-8,28-29H,9-10H2,1H3. The van der Waals surface area contributed by atoms with E-state index in [1.54, 1.807) is 37.6 Å². The molecule has 0 saturated heterocycles. The number of hydrogen-bond donors (Lipinski definition) is 2. The Hall–Kier alpha value is -3.40. The number of aromatic hydroxyl groups is 1. The van der Waals surface area contributed by atoms with Gasteiger partial charge in [-0.05, 0) is 30.2 Å². The zero-order chi connectivity index (χ0) is 20.8. The molecule has 0 spiro atoms. The van der Waals surface area contributed by atoms with Crippen molar-refractivity contribution in [2.24, 2.45) is 0 Å². The molecule has 10 heteroatoms. The highest BCUT2D eigenvalue weighted by molar-refractivity contribution is 5.90. The Labute approximate surface area is 162 Å². The van der Waals surface area contributed by atoms with Gasteiger partial charge in [0.15, 0.2) is 0 Å². The summed E-state index contributed by atoms with van der Waals surface area (Å²) in [7, 11) is 0. The minimum Gasteiger partial charge on any atom is -0.494 e. The van der Waals surface area contributed by atoms with Crippen LogP contribution in [0.2, 0.25) is 0 Å². The van der Waals surface area contributed by atoms with Gasteiger partial charge in [-0.15, -0.1) is 0 Å². The molecule has 7 nitrogen and oxygen atoms in total. The van der Waals surface area contributed by atoms with Gasteiger partial charge in [-0.1, -0.05) is 0 Å². The largest absolute Gasteiger partial charge is 0.494 e. The van der Waals surface area contributed by atoms with Crippen molar-refractivity contribution in [2.75, 3.05) is 0 Å². The molecule has 0 unspecified atom stereocenters. The van der Waals surface area contributed by atoms with Crippen LogP contribution in [-0.2, 0) is 13.2 Å². The van der Waals surface area contributed by atoms with Crippen LogP contribution >= 0.6 is 0 Å². The van der Waals surface area contributed by atoms with Gasteiger partial charge in [0, 0.05) is 30.4 Å². The van der Waals surface area contributed by atoms with Gasteiger partial charge < -0.3 is 10.2 Å². The SMILES string of the molecule is Cc1cc(-c2cncc(CO)c2)nc2cn(-c3cnn(CC(F)(F)F)c3)c(O)c12. The molecule has 4 heterocycles. The summed E-state index contributed by atoms with van der Waals surface area (Å²) in [5.74, 6) is -0.134. The molecule has 0 amide bonds. The average Bonchev–Trinajstić information content (AvgIpc) is 3.24. The molecule has 2 N–H and O–H groups in total. The highest BCUT2D eigenvalue weighted by Gasteiger charge is 2.28. The van der Waals surface area contributed by atoms with Gasteiger partial charge in [-0.25, -0.2) is 4.98 Å². The fourth-order valence-electron chi connectivity index (χ4n) is 3.19. The molecular weight excluding hydrogens is 387 g/mol. The van der Waals surface area contributed by atoms with E-state index < -0.39 is 12.7 Å². The van der Waals surface area contributed by atoms with Crippen molar-refractivity contribution < 1.29 is 23.4 Å². The molecule has 0 fully saturated rings. The minimum atomic E-state index is -4.39. The van der Waals surface area contributed by atoms with Crippen molar-refractivity contribution in [3.05, 3.63) is 54.2 Å². The Bertz CT molecular complexity index is 1200. The summed E-state index contributed by atoms with van der Waals surface area (Å²) in [6.45, 7) is 0.430. The molecule has 0 aliphatic rings. The number of rotatable bonds is 4. The third-order valence-corrected chi connectivity index (χ3v) is 4.46. The predicted octanol–water partition coefficient (Wildman–Crippen LogP) is 3.35. The number of aliphatic hydroxyl groups excluding tert-OH is 1. The summed E-state index contributed by atoms with van der Waals surface area (Å²) < 4.78 is 39.8. The number of pyridine rings is 2. The van der Waals surface area contributed by atoms with E-state index in [4.69, 9.17) is 0 Å². The van der Waals surface area contributed by atoms with Gasteiger partial charge >= 0.3 is 6.18 Å². The second kappa shape index (κ2) is 6.89. The lowest BCUT2D eigenvalue weighted by Crippen LogP contribution is -2.17. The summed E-state index contributed by atoms with van der Waals surface area (Å²) in [6.07, 6.45) is 2.77. The zero-order valence-electron chi connectivity index (χ0n) is 15.2. The van der Waals surface area contributed by atoms with Crippen LogP contribution in [0.15, 0.2) is 43.1 Å². The van der Waals surface area contributed by atoms with E-state index in [0.29, 0.717) is 27.7 Å². The van der Waals surface area contributed by atoms with E-state index in [1.807, 2.05) is 0 Å². The van der Waals surface area contributed by atoms with Crippen LogP contribution in [0.4, 0.5) is 13.2 Å². The first kappa shape index (κ1) is 18.9. The molecule has 0 atom stereocenters. The summed E-state index contributed by atoms with van der Waals surface area (Å²) in [5.41, 5.74) is 3.43. The smallest absolute Gasteiger partial charge is 0.408 e. The van der Waals surface area contributed by atoms with Crippen molar-refractivity contribution in [2.45, 2.75) is 26.3 Å². The van der Waals surface area contributed by atoms with Gasteiger partial charge in [-0.3, -0.25) is 14.2 Å². The lowest BCUT2D eigenvalue weighted by atomic mass is 10.1. The topological polar surface area (TPSA) is 89.0 Å². The van der Waals surface area contributed by atoms with E-state index in [2.05, 4.69) is 15.1 Å². The Balaban J connectivity index is 1.78. The molecule has 0 aromatic carbocycles. The Morgan fingerprint density at radius 3 is 2.62 bits per heavy atom. The maximum absolute atomic E-state index is 12.6. The predicted molar refractivity (Wildman–Crippen MR) is 98.5 cm³/mol. The van der Waals surface area contributed by atoms with Crippen LogP contribution in [0, 0.1) is 6.92 Å². The highest BCUT2D eigenvalue weighted by Crippen LogP contribution is 2.34. The number of fused-ring (bicyclic) bond motifs is 1. The first-order chi connectivity index (χ1) is 13.7. The fourth-order valence-corrected chi connectivity index (χ4v) is 3.19. The van der Waals surface area contributed by atoms with Crippen LogP contribution in [0.5, 0.6) is 5.88 Å². The number of aromatic nitrogens is 5. The minimum absolute atomic E-state index is 0.134. The Kier molecular flexibility index (Phi) is 4.50. The molecule has 0 aliphatic heterocycles. The van der Waals surface area contributed by atoms with Crippen molar-refractivity contribution in [3.8, 4) is 22.8 Å². The molecule has 0 saturated carbocycles. The third kappa shape index (κ3) is 3.66.